The maximum atomic E-state index is 12.2. The number of unbranched alkanes of at least 4 members (excludes halogenated alkanes) is 1. The average molecular weight is 601 g/mol. The number of nitrogens with zero attached hydrogens (tertiary/aromatic N) is 1. The number of hydrogen-bond acceptors (Lipinski definition) is 7. The second kappa shape index (κ2) is 16.2. The van der Waals surface area contributed by atoms with E-state index in [1.165, 1.54) is 0 Å². The van der Waals surface area contributed by atoms with Crippen LogP contribution in [0.3, 0.4) is 0 Å². The van der Waals surface area contributed by atoms with Gasteiger partial charge in [-0.05, 0) is 77.6 Å². The fourth-order valence-corrected chi connectivity index (χ4v) is 18.8. The van der Waals surface area contributed by atoms with Gasteiger partial charge in [0.15, 0.2) is 16.6 Å². The first kappa shape index (κ1) is 36.9. The normalized spacial score (nSPS) is 14.9. The summed E-state index contributed by atoms with van der Waals surface area (Å²) in [5, 5.41) is 0. The predicted octanol–water partition coefficient (Wildman–Crippen LogP) is 6.04. The molecular weight excluding hydrogens is 545 g/mol. The molecule has 1 unspecified atom stereocenters. The smallest absolute Gasteiger partial charge is 0.462 e. The van der Waals surface area contributed by atoms with E-state index in [4.69, 9.17) is 22.0 Å². The summed E-state index contributed by atoms with van der Waals surface area (Å²) in [4.78, 5) is 21.6. The Labute approximate surface area is 229 Å². The van der Waals surface area contributed by atoms with Crippen molar-refractivity contribution in [2.24, 2.45) is 0 Å². The number of likely N-dealkylation sites (N-methyl/N-ethyl adjacent to an activating group) is 1. The van der Waals surface area contributed by atoms with Gasteiger partial charge < -0.3 is 22.3 Å². The Hall–Kier alpha value is -0.149. The number of esters is 1. The monoisotopic (exact) mass is 600 g/mol. The minimum Gasteiger partial charge on any atom is -0.462 e. The Balaban J connectivity index is 4.45. The number of rotatable bonds is 21. The number of phosphoric acid groups is 1. The summed E-state index contributed by atoms with van der Waals surface area (Å²) in [6.07, 6.45) is 3.59. The minimum absolute atomic E-state index is 0.146. The zero-order valence-electron chi connectivity index (χ0n) is 25.2. The first-order chi connectivity index (χ1) is 16.7. The van der Waals surface area contributed by atoms with Gasteiger partial charge in [-0.3, -0.25) is 9.05 Å². The van der Waals surface area contributed by atoms with Crippen molar-refractivity contribution in [1.82, 2.24) is 0 Å². The Morgan fingerprint density at radius 2 is 1.35 bits per heavy atom. The maximum Gasteiger partial charge on any atom is 0.472 e. The molecule has 0 radical (unpaired) electrons. The second-order valence-electron chi connectivity index (χ2n) is 12.1. The van der Waals surface area contributed by atoms with Crippen molar-refractivity contribution < 1.29 is 40.8 Å². The van der Waals surface area contributed by atoms with E-state index in [0.29, 0.717) is 25.1 Å². The van der Waals surface area contributed by atoms with Gasteiger partial charge in [0.25, 0.3) is 0 Å². The Morgan fingerprint density at radius 3 is 1.84 bits per heavy atom. The van der Waals surface area contributed by atoms with Crippen LogP contribution in [0.1, 0.15) is 39.5 Å². The number of carbonyl (C=O) groups excluding carboxylic acids is 1. The van der Waals surface area contributed by atoms with Crippen molar-refractivity contribution >= 4 is 39.0 Å². The van der Waals surface area contributed by atoms with Gasteiger partial charge in [0, 0.05) is 5.57 Å². The van der Waals surface area contributed by atoms with Gasteiger partial charge in [0.1, 0.15) is 13.2 Å². The summed E-state index contributed by atoms with van der Waals surface area (Å²) in [6.45, 7) is 22.5. The highest BCUT2D eigenvalue weighted by Gasteiger charge is 2.39. The molecule has 0 heterocycles. The fourth-order valence-electron chi connectivity index (χ4n) is 4.06. The predicted molar refractivity (Wildman–Crippen MR) is 158 cm³/mol. The Morgan fingerprint density at radius 1 is 0.865 bits per heavy atom. The van der Waals surface area contributed by atoms with E-state index in [1.54, 1.807) is 6.92 Å². The standard InChI is InChI=1S/C24H54NO8PSi3/c1-12-13-16-25(4,5)17-20-31-34(27,28)30-19-15-22-36(8,9)33-37(10,11)32-35(6,7)21-14-18-29-24(26)23(2)3/h2,12-22H2,1,3-11H3/p+1. The van der Waals surface area contributed by atoms with Crippen molar-refractivity contribution in [3.8, 4) is 0 Å². The van der Waals surface area contributed by atoms with Crippen LogP contribution in [0.4, 0.5) is 0 Å². The molecule has 13 heteroatoms. The molecule has 0 saturated carbocycles. The van der Waals surface area contributed by atoms with Gasteiger partial charge in [-0.1, -0.05) is 19.9 Å². The van der Waals surface area contributed by atoms with Gasteiger partial charge in [-0.15, -0.1) is 0 Å². The minimum atomic E-state index is -4.06. The van der Waals surface area contributed by atoms with E-state index < -0.39 is 33.0 Å². The summed E-state index contributed by atoms with van der Waals surface area (Å²) < 4.78 is 41.7. The summed E-state index contributed by atoms with van der Waals surface area (Å²) in [6, 6.07) is 1.65. The van der Waals surface area contributed by atoms with Crippen LogP contribution in [0, 0.1) is 0 Å². The van der Waals surface area contributed by atoms with Gasteiger partial charge >= 0.3 is 22.4 Å². The molecule has 37 heavy (non-hydrogen) atoms. The lowest BCUT2D eigenvalue weighted by molar-refractivity contribution is -0.890. The third-order valence-electron chi connectivity index (χ3n) is 5.79. The Bertz CT molecular complexity index is 762. The lowest BCUT2D eigenvalue weighted by Crippen LogP contribution is -2.52. The molecule has 0 aliphatic rings. The van der Waals surface area contributed by atoms with Crippen molar-refractivity contribution in [2.75, 3.05) is 47.0 Å². The average Bonchev–Trinajstić information content (AvgIpc) is 2.70. The van der Waals surface area contributed by atoms with Crippen molar-refractivity contribution in [3.63, 3.8) is 0 Å². The van der Waals surface area contributed by atoms with Crippen molar-refractivity contribution in [3.05, 3.63) is 12.2 Å². The molecule has 0 aromatic carbocycles. The zero-order chi connectivity index (χ0) is 29.0. The van der Waals surface area contributed by atoms with E-state index in [-0.39, 0.29) is 19.2 Å². The summed E-state index contributed by atoms with van der Waals surface area (Å²) in [5.74, 6) is -0.357. The van der Waals surface area contributed by atoms with Crippen LogP contribution in [0.15, 0.2) is 12.2 Å². The van der Waals surface area contributed by atoms with E-state index in [9.17, 15) is 14.3 Å². The van der Waals surface area contributed by atoms with Crippen molar-refractivity contribution in [1.29, 1.82) is 0 Å². The van der Waals surface area contributed by atoms with Gasteiger partial charge in [0.05, 0.1) is 33.9 Å². The van der Waals surface area contributed by atoms with Crippen LogP contribution in [-0.2, 0) is 31.4 Å². The van der Waals surface area contributed by atoms with Crippen LogP contribution in [0.25, 0.3) is 0 Å². The Kier molecular flexibility index (Phi) is 16.1. The third-order valence-corrected chi connectivity index (χ3v) is 18.3. The summed E-state index contributed by atoms with van der Waals surface area (Å²) in [7, 11) is -6.35. The molecule has 0 saturated heterocycles. The molecule has 220 valence electrons. The topological polar surface area (TPSA) is 101 Å². The molecule has 9 nitrogen and oxygen atoms in total. The molecule has 1 N–H and O–H groups in total. The van der Waals surface area contributed by atoms with E-state index in [2.05, 4.69) is 66.9 Å². The van der Waals surface area contributed by atoms with Crippen LogP contribution in [0.2, 0.25) is 51.4 Å². The molecule has 0 rings (SSSR count). The van der Waals surface area contributed by atoms with Crippen LogP contribution in [-0.4, -0.2) is 87.5 Å². The number of carbonyl (C=O) groups is 1. The first-order valence-corrected chi connectivity index (χ1v) is 23.9. The summed E-state index contributed by atoms with van der Waals surface area (Å²) in [5.41, 5.74) is 0.405. The van der Waals surface area contributed by atoms with Gasteiger partial charge in [-0.2, -0.15) is 0 Å². The molecule has 0 aliphatic heterocycles. The lowest BCUT2D eigenvalue weighted by Gasteiger charge is -2.38. The highest BCUT2D eigenvalue weighted by Crippen LogP contribution is 2.43. The maximum absolute atomic E-state index is 12.2. The molecule has 0 fully saturated rings. The molecule has 0 aromatic rings. The number of hydrogen-bond donors (Lipinski definition) is 1. The van der Waals surface area contributed by atoms with Gasteiger partial charge in [0.2, 0.25) is 0 Å². The van der Waals surface area contributed by atoms with Crippen LogP contribution < -0.4 is 0 Å². The largest absolute Gasteiger partial charge is 0.472 e. The van der Waals surface area contributed by atoms with Crippen LogP contribution >= 0.6 is 7.82 Å². The van der Waals surface area contributed by atoms with Gasteiger partial charge in [-0.25, -0.2) is 9.36 Å². The molecule has 0 spiro atoms. The van der Waals surface area contributed by atoms with Crippen LogP contribution in [0.5, 0.6) is 0 Å². The molecular formula is C24H55NO8PSi3+. The lowest BCUT2D eigenvalue weighted by atomic mass is 10.3. The molecule has 0 aromatic heterocycles. The number of phosphoric ester groups is 1. The molecule has 1 atom stereocenters. The molecule has 0 amide bonds. The zero-order valence-corrected chi connectivity index (χ0v) is 29.1. The van der Waals surface area contributed by atoms with E-state index in [1.807, 2.05) is 0 Å². The number of ether oxygens (including phenoxy) is 1. The number of quaternary nitrogens is 1. The highest BCUT2D eigenvalue weighted by molar-refractivity contribution is 7.47. The highest BCUT2D eigenvalue weighted by atomic mass is 31.2. The molecule has 0 aliphatic carbocycles. The van der Waals surface area contributed by atoms with E-state index >= 15 is 0 Å². The van der Waals surface area contributed by atoms with Crippen molar-refractivity contribution in [2.45, 2.75) is 90.9 Å². The first-order valence-electron chi connectivity index (χ1n) is 13.4. The third kappa shape index (κ3) is 19.5. The summed E-state index contributed by atoms with van der Waals surface area (Å²) >= 11 is 0. The quantitative estimate of drug-likeness (QED) is 0.0425. The molecule has 0 bridgehead atoms. The second-order valence-corrected chi connectivity index (χ2v) is 26.0. The SMILES string of the molecule is C=C(C)C(=O)OCCC[Si](C)(C)O[Si](C)(C)O[Si](C)(C)CCCOP(=O)(O)OCC[N+](C)(C)CCCC. The fraction of sp³-hybridized carbons (Fsp3) is 0.875. The van der Waals surface area contributed by atoms with E-state index in [0.717, 1.165) is 42.4 Å².